The van der Waals surface area contributed by atoms with Crippen molar-refractivity contribution < 1.29 is 0 Å². The van der Waals surface area contributed by atoms with Crippen molar-refractivity contribution in [2.45, 2.75) is 33.1 Å². The summed E-state index contributed by atoms with van der Waals surface area (Å²) in [7, 11) is 2.08. The molecule has 0 fully saturated rings. The molecule has 0 saturated heterocycles. The Bertz CT molecular complexity index is 170. The minimum atomic E-state index is 0.756. The van der Waals surface area contributed by atoms with Gasteiger partial charge in [0.1, 0.15) is 0 Å². The van der Waals surface area contributed by atoms with Crippen LogP contribution >= 0.6 is 0 Å². The highest BCUT2D eigenvalue weighted by molar-refractivity contribution is 4.86. The van der Waals surface area contributed by atoms with Crippen molar-refractivity contribution in [2.24, 2.45) is 5.92 Å². The van der Waals surface area contributed by atoms with Crippen LogP contribution in [0.15, 0.2) is 0 Å². The Morgan fingerprint density at radius 2 is 2.00 bits per heavy atom. The van der Waals surface area contributed by atoms with E-state index in [1.165, 1.54) is 19.3 Å². The molecule has 88 valence electrons. The molecule has 0 radical (unpaired) electrons. The number of hydrogen-bond acceptors (Lipinski definition) is 2. The van der Waals surface area contributed by atoms with Gasteiger partial charge in [0.25, 0.3) is 0 Å². The van der Waals surface area contributed by atoms with E-state index in [0.717, 1.165) is 32.1 Å². The maximum atomic E-state index is 5.23. The standard InChI is InChI=1S/C13H26N2/c1-5-10-15(4)11-8-6-7-9-14-12-13(2)3/h1,13-14H,6-12H2,2-4H3. The molecule has 0 unspecified atom stereocenters. The van der Waals surface area contributed by atoms with Gasteiger partial charge < -0.3 is 5.32 Å². The smallest absolute Gasteiger partial charge is 0.0596 e. The molecular formula is C13H26N2. The first-order valence-corrected chi connectivity index (χ1v) is 5.99. The summed E-state index contributed by atoms with van der Waals surface area (Å²) in [5.74, 6) is 3.41. The Kier molecular flexibility index (Phi) is 9.67. The van der Waals surface area contributed by atoms with Crippen molar-refractivity contribution in [3.05, 3.63) is 0 Å². The molecule has 2 heteroatoms. The predicted molar refractivity (Wildman–Crippen MR) is 67.9 cm³/mol. The molecule has 0 aliphatic carbocycles. The Balaban J connectivity index is 3.08. The second kappa shape index (κ2) is 10.0. The molecule has 0 spiro atoms. The summed E-state index contributed by atoms with van der Waals surface area (Å²) in [4.78, 5) is 2.20. The fourth-order valence-electron chi connectivity index (χ4n) is 1.43. The minimum Gasteiger partial charge on any atom is -0.316 e. The Labute approximate surface area is 95.4 Å². The molecule has 0 aromatic heterocycles. The number of nitrogens with zero attached hydrogens (tertiary/aromatic N) is 1. The highest BCUT2D eigenvalue weighted by atomic mass is 15.1. The van der Waals surface area contributed by atoms with Gasteiger partial charge in [0, 0.05) is 0 Å². The summed E-state index contributed by atoms with van der Waals surface area (Å²) in [6.07, 6.45) is 9.04. The summed E-state index contributed by atoms with van der Waals surface area (Å²) < 4.78 is 0. The van der Waals surface area contributed by atoms with Gasteiger partial charge in [-0.2, -0.15) is 0 Å². The van der Waals surface area contributed by atoms with E-state index >= 15 is 0 Å². The number of hydrogen-bond donors (Lipinski definition) is 1. The fourth-order valence-corrected chi connectivity index (χ4v) is 1.43. The summed E-state index contributed by atoms with van der Waals surface area (Å²) in [5, 5.41) is 3.45. The van der Waals surface area contributed by atoms with Crippen molar-refractivity contribution in [3.63, 3.8) is 0 Å². The summed E-state index contributed by atoms with van der Waals surface area (Å²) >= 11 is 0. The SMILES string of the molecule is C#CCN(C)CCCCCNCC(C)C. The summed E-state index contributed by atoms with van der Waals surface area (Å²) in [6.45, 7) is 8.65. The Hall–Kier alpha value is -0.520. The van der Waals surface area contributed by atoms with Crippen LogP contribution in [0, 0.1) is 18.3 Å². The molecule has 0 bridgehead atoms. The molecule has 0 aromatic carbocycles. The number of unbranched alkanes of at least 4 members (excludes halogenated alkanes) is 2. The lowest BCUT2D eigenvalue weighted by atomic mass is 10.2. The zero-order valence-electron chi connectivity index (χ0n) is 10.6. The van der Waals surface area contributed by atoms with Crippen molar-refractivity contribution in [1.29, 1.82) is 0 Å². The average Bonchev–Trinajstić information content (AvgIpc) is 2.16. The first kappa shape index (κ1) is 14.5. The van der Waals surface area contributed by atoms with Gasteiger partial charge in [-0.25, -0.2) is 0 Å². The lowest BCUT2D eigenvalue weighted by molar-refractivity contribution is 0.361. The molecule has 0 rings (SSSR count). The van der Waals surface area contributed by atoms with E-state index in [9.17, 15) is 0 Å². The second-order valence-corrected chi connectivity index (χ2v) is 4.60. The maximum absolute atomic E-state index is 5.23. The van der Waals surface area contributed by atoms with Gasteiger partial charge in [-0.15, -0.1) is 6.42 Å². The Morgan fingerprint density at radius 3 is 2.60 bits per heavy atom. The second-order valence-electron chi connectivity index (χ2n) is 4.60. The van der Waals surface area contributed by atoms with Crippen LogP contribution in [-0.2, 0) is 0 Å². The van der Waals surface area contributed by atoms with Crippen LogP contribution < -0.4 is 5.32 Å². The zero-order chi connectivity index (χ0) is 11.5. The monoisotopic (exact) mass is 210 g/mol. The highest BCUT2D eigenvalue weighted by Crippen LogP contribution is 1.96. The van der Waals surface area contributed by atoms with E-state index in [4.69, 9.17) is 6.42 Å². The average molecular weight is 210 g/mol. The molecule has 2 nitrogen and oxygen atoms in total. The fraction of sp³-hybridized carbons (Fsp3) is 0.846. The van der Waals surface area contributed by atoms with E-state index < -0.39 is 0 Å². The number of terminal acetylenes is 1. The summed E-state index contributed by atoms with van der Waals surface area (Å²) in [6, 6.07) is 0. The van der Waals surface area contributed by atoms with Gasteiger partial charge in [0.15, 0.2) is 0 Å². The van der Waals surface area contributed by atoms with Gasteiger partial charge >= 0.3 is 0 Å². The number of rotatable bonds is 9. The van der Waals surface area contributed by atoms with Gasteiger partial charge in [-0.05, 0) is 45.4 Å². The number of nitrogens with one attached hydrogen (secondary N) is 1. The van der Waals surface area contributed by atoms with Crippen LogP contribution in [0.25, 0.3) is 0 Å². The molecule has 0 aromatic rings. The van der Waals surface area contributed by atoms with Gasteiger partial charge in [-0.3, -0.25) is 4.90 Å². The zero-order valence-corrected chi connectivity index (χ0v) is 10.6. The molecule has 0 amide bonds. The largest absolute Gasteiger partial charge is 0.316 e. The van der Waals surface area contributed by atoms with Crippen LogP contribution in [0.3, 0.4) is 0 Å². The van der Waals surface area contributed by atoms with E-state index in [1.807, 2.05) is 0 Å². The van der Waals surface area contributed by atoms with Crippen molar-refractivity contribution >= 4 is 0 Å². The van der Waals surface area contributed by atoms with Crippen LogP contribution in [-0.4, -0.2) is 38.1 Å². The Morgan fingerprint density at radius 1 is 1.27 bits per heavy atom. The highest BCUT2D eigenvalue weighted by Gasteiger charge is 1.96. The topological polar surface area (TPSA) is 15.3 Å². The van der Waals surface area contributed by atoms with Crippen LogP contribution in [0.5, 0.6) is 0 Å². The molecule has 0 aliphatic heterocycles. The lowest BCUT2D eigenvalue weighted by Gasteiger charge is -2.12. The van der Waals surface area contributed by atoms with Crippen molar-refractivity contribution in [3.8, 4) is 12.3 Å². The van der Waals surface area contributed by atoms with Gasteiger partial charge in [0.2, 0.25) is 0 Å². The minimum absolute atomic E-state index is 0.756. The molecule has 0 saturated carbocycles. The predicted octanol–water partition coefficient (Wildman–Crippen LogP) is 1.97. The van der Waals surface area contributed by atoms with Gasteiger partial charge in [-0.1, -0.05) is 26.2 Å². The van der Waals surface area contributed by atoms with Crippen LogP contribution in [0.2, 0.25) is 0 Å². The van der Waals surface area contributed by atoms with Crippen molar-refractivity contribution in [1.82, 2.24) is 10.2 Å². The van der Waals surface area contributed by atoms with E-state index in [-0.39, 0.29) is 0 Å². The van der Waals surface area contributed by atoms with E-state index in [2.05, 4.69) is 37.0 Å². The first-order chi connectivity index (χ1) is 7.16. The summed E-state index contributed by atoms with van der Waals surface area (Å²) in [5.41, 5.74) is 0. The third kappa shape index (κ3) is 11.4. The quantitative estimate of drug-likeness (QED) is 0.462. The molecular weight excluding hydrogens is 184 g/mol. The van der Waals surface area contributed by atoms with E-state index in [0.29, 0.717) is 0 Å². The first-order valence-electron chi connectivity index (χ1n) is 5.99. The van der Waals surface area contributed by atoms with Gasteiger partial charge in [0.05, 0.1) is 6.54 Å². The normalized spacial score (nSPS) is 10.9. The van der Waals surface area contributed by atoms with Crippen LogP contribution in [0.1, 0.15) is 33.1 Å². The molecule has 0 heterocycles. The third-order valence-electron chi connectivity index (χ3n) is 2.31. The molecule has 1 N–H and O–H groups in total. The molecule has 0 aliphatic rings. The molecule has 0 atom stereocenters. The van der Waals surface area contributed by atoms with E-state index in [1.54, 1.807) is 0 Å². The third-order valence-corrected chi connectivity index (χ3v) is 2.31. The lowest BCUT2D eigenvalue weighted by Crippen LogP contribution is -2.22. The molecule has 15 heavy (non-hydrogen) atoms. The van der Waals surface area contributed by atoms with Crippen molar-refractivity contribution in [2.75, 3.05) is 33.2 Å². The maximum Gasteiger partial charge on any atom is 0.0596 e. The van der Waals surface area contributed by atoms with Crippen LogP contribution in [0.4, 0.5) is 0 Å².